The minimum atomic E-state index is -0.523. The van der Waals surface area contributed by atoms with Crippen molar-refractivity contribution in [2.75, 3.05) is 11.4 Å². The summed E-state index contributed by atoms with van der Waals surface area (Å²) in [5, 5.41) is 8.82. The summed E-state index contributed by atoms with van der Waals surface area (Å²) in [6.45, 7) is 0.749. The van der Waals surface area contributed by atoms with Gasteiger partial charge in [-0.2, -0.15) is 0 Å². The minimum absolute atomic E-state index is 0.175. The third-order valence-corrected chi connectivity index (χ3v) is 5.43. The molecular formula is C20H20N2O3. The van der Waals surface area contributed by atoms with E-state index in [0.29, 0.717) is 18.4 Å². The lowest BCUT2D eigenvalue weighted by Crippen LogP contribution is -2.49. The molecule has 128 valence electrons. The van der Waals surface area contributed by atoms with Crippen LogP contribution in [0.5, 0.6) is 0 Å². The zero-order valence-corrected chi connectivity index (χ0v) is 13.9. The Hall–Kier alpha value is -2.66. The van der Waals surface area contributed by atoms with E-state index in [1.807, 2.05) is 41.3 Å². The SMILES string of the molecule is O=C(NO)c1ccc2c(c1)CC1(CCCN(c3ccccc3)C1=O)C2. The van der Waals surface area contributed by atoms with Crippen LogP contribution in [0.25, 0.3) is 0 Å². The summed E-state index contributed by atoms with van der Waals surface area (Å²) in [5.74, 6) is -0.348. The first-order valence-electron chi connectivity index (χ1n) is 8.56. The van der Waals surface area contributed by atoms with E-state index in [1.165, 1.54) is 0 Å². The predicted molar refractivity (Wildman–Crippen MR) is 93.6 cm³/mol. The normalized spacial score (nSPS) is 22.1. The largest absolute Gasteiger partial charge is 0.312 e. The smallest absolute Gasteiger partial charge is 0.274 e. The standard InChI is InChI=1S/C20H20N2O3/c23-18(21-25)14-7-8-15-12-20(13-16(15)11-14)9-4-10-22(19(20)24)17-5-2-1-3-6-17/h1-3,5-8,11,25H,4,9-10,12-13H2,(H,21,23). The molecule has 0 aromatic heterocycles. The number of hydrogen-bond donors (Lipinski definition) is 2. The molecule has 1 fully saturated rings. The van der Waals surface area contributed by atoms with Gasteiger partial charge < -0.3 is 4.90 Å². The van der Waals surface area contributed by atoms with Crippen LogP contribution in [0.15, 0.2) is 48.5 Å². The van der Waals surface area contributed by atoms with Crippen LogP contribution >= 0.6 is 0 Å². The number of carbonyl (C=O) groups is 2. The van der Waals surface area contributed by atoms with Crippen molar-refractivity contribution in [2.45, 2.75) is 25.7 Å². The van der Waals surface area contributed by atoms with Crippen molar-refractivity contribution in [2.24, 2.45) is 5.41 Å². The molecule has 0 saturated carbocycles. The van der Waals surface area contributed by atoms with Crippen LogP contribution in [0, 0.1) is 5.41 Å². The summed E-state index contributed by atoms with van der Waals surface area (Å²) in [6.07, 6.45) is 3.20. The van der Waals surface area contributed by atoms with E-state index in [4.69, 9.17) is 5.21 Å². The summed E-state index contributed by atoms with van der Waals surface area (Å²) in [7, 11) is 0. The number of nitrogens with zero attached hydrogens (tertiary/aromatic N) is 1. The maximum absolute atomic E-state index is 13.3. The number of para-hydroxylation sites is 1. The van der Waals surface area contributed by atoms with Gasteiger partial charge in [0.25, 0.3) is 5.91 Å². The molecule has 2 aromatic rings. The topological polar surface area (TPSA) is 69.6 Å². The van der Waals surface area contributed by atoms with Crippen molar-refractivity contribution in [3.8, 4) is 0 Å². The zero-order chi connectivity index (χ0) is 17.4. The molecule has 0 radical (unpaired) electrons. The number of fused-ring (bicyclic) bond motifs is 1. The maximum atomic E-state index is 13.3. The van der Waals surface area contributed by atoms with Gasteiger partial charge in [-0.3, -0.25) is 14.8 Å². The molecule has 1 spiro atoms. The monoisotopic (exact) mass is 336 g/mol. The van der Waals surface area contributed by atoms with Gasteiger partial charge in [0.1, 0.15) is 0 Å². The Bertz CT molecular complexity index is 834. The second-order valence-corrected chi connectivity index (χ2v) is 6.95. The van der Waals surface area contributed by atoms with E-state index in [9.17, 15) is 9.59 Å². The van der Waals surface area contributed by atoms with Crippen LogP contribution in [0.1, 0.15) is 34.3 Å². The van der Waals surface area contributed by atoms with Crippen molar-refractivity contribution >= 4 is 17.5 Å². The van der Waals surface area contributed by atoms with E-state index < -0.39 is 11.3 Å². The number of benzene rings is 2. The Morgan fingerprint density at radius 1 is 1.08 bits per heavy atom. The molecule has 0 bridgehead atoms. The number of anilines is 1. The lowest BCUT2D eigenvalue weighted by molar-refractivity contribution is -0.129. The number of hydrogen-bond acceptors (Lipinski definition) is 3. The Balaban J connectivity index is 1.64. The lowest BCUT2D eigenvalue weighted by atomic mass is 9.76. The second-order valence-electron chi connectivity index (χ2n) is 6.95. The fourth-order valence-electron chi connectivity index (χ4n) is 4.21. The molecule has 2 aliphatic rings. The Kier molecular flexibility index (Phi) is 3.81. The van der Waals surface area contributed by atoms with Gasteiger partial charge in [0, 0.05) is 17.8 Å². The van der Waals surface area contributed by atoms with Gasteiger partial charge in [-0.1, -0.05) is 24.3 Å². The molecule has 1 heterocycles. The molecule has 1 aliphatic heterocycles. The highest BCUT2D eigenvalue weighted by molar-refractivity contribution is 5.99. The highest BCUT2D eigenvalue weighted by atomic mass is 16.5. The fraction of sp³-hybridized carbons (Fsp3) is 0.300. The van der Waals surface area contributed by atoms with Gasteiger partial charge in [-0.25, -0.2) is 5.48 Å². The first-order chi connectivity index (χ1) is 12.1. The molecule has 5 heteroatoms. The summed E-state index contributed by atoms with van der Waals surface area (Å²) in [5.41, 5.74) is 4.77. The van der Waals surface area contributed by atoms with Gasteiger partial charge in [-0.15, -0.1) is 0 Å². The predicted octanol–water partition coefficient (Wildman–Crippen LogP) is 2.72. The lowest BCUT2D eigenvalue weighted by Gasteiger charge is -2.39. The fourth-order valence-corrected chi connectivity index (χ4v) is 4.21. The molecule has 1 unspecified atom stereocenters. The first kappa shape index (κ1) is 15.8. The summed E-state index contributed by atoms with van der Waals surface area (Å²) >= 11 is 0. The minimum Gasteiger partial charge on any atom is -0.312 e. The van der Waals surface area contributed by atoms with Gasteiger partial charge in [0.15, 0.2) is 0 Å². The first-order valence-corrected chi connectivity index (χ1v) is 8.56. The van der Waals surface area contributed by atoms with Gasteiger partial charge >= 0.3 is 0 Å². The van der Waals surface area contributed by atoms with Crippen LogP contribution in [-0.4, -0.2) is 23.6 Å². The van der Waals surface area contributed by atoms with E-state index in [2.05, 4.69) is 0 Å². The van der Waals surface area contributed by atoms with E-state index in [1.54, 1.807) is 17.6 Å². The average Bonchev–Trinajstić information content (AvgIpc) is 3.02. The molecule has 1 saturated heterocycles. The molecule has 2 aromatic carbocycles. The highest BCUT2D eigenvalue weighted by Gasteiger charge is 2.48. The zero-order valence-electron chi connectivity index (χ0n) is 13.9. The maximum Gasteiger partial charge on any atom is 0.274 e. The molecule has 2 N–H and O–H groups in total. The summed E-state index contributed by atoms with van der Waals surface area (Å²) in [4.78, 5) is 26.8. The van der Waals surface area contributed by atoms with Gasteiger partial charge in [-0.05, 0) is 61.1 Å². The Labute approximate surface area is 146 Å². The number of piperidine rings is 1. The highest BCUT2D eigenvalue weighted by Crippen LogP contribution is 2.45. The van der Waals surface area contributed by atoms with Crippen LogP contribution in [-0.2, 0) is 17.6 Å². The Morgan fingerprint density at radius 3 is 2.60 bits per heavy atom. The molecule has 2 amide bonds. The third-order valence-electron chi connectivity index (χ3n) is 5.43. The molecule has 1 atom stereocenters. The van der Waals surface area contributed by atoms with Crippen molar-refractivity contribution in [1.82, 2.24) is 5.48 Å². The van der Waals surface area contributed by atoms with Crippen molar-refractivity contribution < 1.29 is 14.8 Å². The number of amides is 2. The number of carbonyl (C=O) groups excluding carboxylic acids is 2. The van der Waals surface area contributed by atoms with Gasteiger partial charge in [0.05, 0.1) is 5.41 Å². The van der Waals surface area contributed by atoms with E-state index in [0.717, 1.165) is 36.2 Å². The van der Waals surface area contributed by atoms with E-state index in [-0.39, 0.29) is 5.91 Å². The van der Waals surface area contributed by atoms with Crippen LogP contribution in [0.4, 0.5) is 5.69 Å². The quantitative estimate of drug-likeness (QED) is 0.654. The van der Waals surface area contributed by atoms with Crippen molar-refractivity contribution in [3.05, 3.63) is 65.2 Å². The molecule has 1 aliphatic carbocycles. The van der Waals surface area contributed by atoms with Crippen LogP contribution in [0.3, 0.4) is 0 Å². The number of hydroxylamine groups is 1. The van der Waals surface area contributed by atoms with E-state index >= 15 is 0 Å². The molecule has 4 rings (SSSR count). The van der Waals surface area contributed by atoms with Gasteiger partial charge in [0.2, 0.25) is 5.91 Å². The second kappa shape index (κ2) is 6.01. The Morgan fingerprint density at radius 2 is 1.84 bits per heavy atom. The summed E-state index contributed by atoms with van der Waals surface area (Å²) in [6, 6.07) is 15.2. The van der Waals surface area contributed by atoms with Crippen molar-refractivity contribution in [1.29, 1.82) is 0 Å². The van der Waals surface area contributed by atoms with Crippen LogP contribution in [0.2, 0.25) is 0 Å². The molecule has 5 nitrogen and oxygen atoms in total. The number of rotatable bonds is 2. The average molecular weight is 336 g/mol. The molecule has 25 heavy (non-hydrogen) atoms. The van der Waals surface area contributed by atoms with Crippen LogP contribution < -0.4 is 10.4 Å². The van der Waals surface area contributed by atoms with Crippen molar-refractivity contribution in [3.63, 3.8) is 0 Å². The number of nitrogens with one attached hydrogen (secondary N) is 1. The third kappa shape index (κ3) is 2.61. The summed E-state index contributed by atoms with van der Waals surface area (Å²) < 4.78 is 0. The molecular weight excluding hydrogens is 316 g/mol.